The number of rotatable bonds is 14. The lowest BCUT2D eigenvalue weighted by Crippen LogP contribution is -2.44. The van der Waals surface area contributed by atoms with E-state index in [0.717, 1.165) is 4.48 Å². The maximum Gasteiger partial charge on any atom is 0.220 e. The molecule has 1 heterocycles. The van der Waals surface area contributed by atoms with Gasteiger partial charge in [0.1, 0.15) is 6.10 Å². The highest BCUT2D eigenvalue weighted by Gasteiger charge is 2.50. The van der Waals surface area contributed by atoms with Crippen LogP contribution in [0.4, 0.5) is 0 Å². The fraction of sp³-hybridized carbons (Fsp3) is 1.00. The first-order valence-corrected chi connectivity index (χ1v) is 9.60. The molecule has 2 unspecified atom stereocenters. The fourth-order valence-corrected chi connectivity index (χ4v) is 3.50. The fourth-order valence-electron chi connectivity index (χ4n) is 3.50. The summed E-state index contributed by atoms with van der Waals surface area (Å²) in [6, 6.07) is 0. The van der Waals surface area contributed by atoms with E-state index in [1.807, 2.05) is 0 Å². The van der Waals surface area contributed by atoms with Gasteiger partial charge in [-0.15, -0.1) is 0 Å². The van der Waals surface area contributed by atoms with Gasteiger partial charge < -0.3 is 9.22 Å². The molecule has 0 aromatic carbocycles. The van der Waals surface area contributed by atoms with Crippen molar-refractivity contribution in [3.8, 4) is 0 Å². The average molecular weight is 299 g/mol. The Labute approximate surface area is 133 Å². The SMILES string of the molecule is CCCCCCCCCCCCC1OC1[N+](C)(C)CCC. The molecule has 0 aromatic rings. The molecule has 1 fully saturated rings. The summed E-state index contributed by atoms with van der Waals surface area (Å²) in [4.78, 5) is 0. The van der Waals surface area contributed by atoms with Crippen molar-refractivity contribution in [2.75, 3.05) is 20.6 Å². The highest BCUT2D eigenvalue weighted by atomic mass is 16.6. The number of unbranched alkanes of at least 4 members (excludes halogenated alkanes) is 9. The lowest BCUT2D eigenvalue weighted by Gasteiger charge is -2.27. The molecule has 2 atom stereocenters. The van der Waals surface area contributed by atoms with Gasteiger partial charge in [0, 0.05) is 0 Å². The molecule has 0 saturated carbocycles. The van der Waals surface area contributed by atoms with Gasteiger partial charge in [-0.3, -0.25) is 0 Å². The Balaban J connectivity index is 1.86. The van der Waals surface area contributed by atoms with Crippen molar-refractivity contribution in [2.24, 2.45) is 0 Å². The number of ether oxygens (including phenoxy) is 1. The monoisotopic (exact) mass is 298 g/mol. The van der Waals surface area contributed by atoms with Gasteiger partial charge in [0.15, 0.2) is 0 Å². The number of hydrogen-bond acceptors (Lipinski definition) is 1. The van der Waals surface area contributed by atoms with Gasteiger partial charge in [-0.05, 0) is 12.8 Å². The predicted molar refractivity (Wildman–Crippen MR) is 92.4 cm³/mol. The van der Waals surface area contributed by atoms with Crippen molar-refractivity contribution in [3.05, 3.63) is 0 Å². The molecule has 1 aliphatic heterocycles. The third kappa shape index (κ3) is 8.21. The smallest absolute Gasteiger partial charge is 0.220 e. The molecule has 0 amide bonds. The van der Waals surface area contributed by atoms with Crippen molar-refractivity contribution in [2.45, 2.75) is 103 Å². The van der Waals surface area contributed by atoms with Crippen LogP contribution in [0.25, 0.3) is 0 Å². The minimum Gasteiger partial charge on any atom is -0.314 e. The van der Waals surface area contributed by atoms with Crippen molar-refractivity contribution in [1.82, 2.24) is 0 Å². The Bertz CT molecular complexity index is 252. The van der Waals surface area contributed by atoms with Crippen LogP contribution in [0.15, 0.2) is 0 Å². The van der Waals surface area contributed by atoms with E-state index < -0.39 is 0 Å². The van der Waals surface area contributed by atoms with E-state index in [9.17, 15) is 0 Å². The summed E-state index contributed by atoms with van der Waals surface area (Å²) in [5, 5.41) is 0. The Morgan fingerprint density at radius 2 is 1.24 bits per heavy atom. The van der Waals surface area contributed by atoms with Gasteiger partial charge in [0.25, 0.3) is 0 Å². The Kier molecular flexibility index (Phi) is 9.59. The molecule has 126 valence electrons. The number of hydrogen-bond donors (Lipinski definition) is 0. The first-order chi connectivity index (χ1) is 10.1. The van der Waals surface area contributed by atoms with Gasteiger partial charge in [0.2, 0.25) is 6.23 Å². The third-order valence-electron chi connectivity index (χ3n) is 4.89. The molecule has 0 radical (unpaired) electrons. The molecule has 0 aromatic heterocycles. The highest BCUT2D eigenvalue weighted by molar-refractivity contribution is 4.77. The van der Waals surface area contributed by atoms with Crippen LogP contribution in [0.1, 0.15) is 90.9 Å². The molecule has 0 spiro atoms. The minimum atomic E-state index is 0.489. The molecule has 0 bridgehead atoms. The molecule has 0 aliphatic carbocycles. The molecule has 21 heavy (non-hydrogen) atoms. The quantitative estimate of drug-likeness (QED) is 0.234. The van der Waals surface area contributed by atoms with E-state index in [1.165, 1.54) is 83.6 Å². The number of nitrogens with zero attached hydrogens (tertiary/aromatic N) is 1. The van der Waals surface area contributed by atoms with Crippen LogP contribution in [0.5, 0.6) is 0 Å². The summed E-state index contributed by atoms with van der Waals surface area (Å²) in [6.45, 7) is 5.79. The topological polar surface area (TPSA) is 12.5 Å². The molecule has 2 nitrogen and oxygen atoms in total. The normalized spacial score (nSPS) is 21.7. The first-order valence-electron chi connectivity index (χ1n) is 9.60. The van der Waals surface area contributed by atoms with Crippen molar-refractivity contribution in [1.29, 1.82) is 0 Å². The molecular formula is C19H40NO+. The summed E-state index contributed by atoms with van der Waals surface area (Å²) < 4.78 is 6.94. The molecule has 0 N–H and O–H groups in total. The standard InChI is InChI=1S/C19H40NO/c1-5-7-8-9-10-11-12-13-14-15-16-18-19(21-18)20(3,4)17-6-2/h18-19H,5-17H2,1-4H3/q+1. The van der Waals surface area contributed by atoms with Gasteiger partial charge in [-0.1, -0.05) is 78.1 Å². The lowest BCUT2D eigenvalue weighted by atomic mass is 10.1. The van der Waals surface area contributed by atoms with Crippen LogP contribution in [-0.4, -0.2) is 37.5 Å². The van der Waals surface area contributed by atoms with Crippen LogP contribution in [0, 0.1) is 0 Å². The van der Waals surface area contributed by atoms with Crippen LogP contribution in [0.3, 0.4) is 0 Å². The zero-order chi connectivity index (χ0) is 15.6. The van der Waals surface area contributed by atoms with Crippen molar-refractivity contribution < 1.29 is 9.22 Å². The van der Waals surface area contributed by atoms with E-state index in [-0.39, 0.29) is 0 Å². The van der Waals surface area contributed by atoms with E-state index >= 15 is 0 Å². The molecule has 1 rings (SSSR count). The first kappa shape index (κ1) is 19.0. The molecule has 2 heteroatoms. The second-order valence-corrected chi connectivity index (χ2v) is 7.54. The number of likely N-dealkylation sites (N-methyl/N-ethyl adjacent to an activating group) is 1. The Morgan fingerprint density at radius 3 is 1.76 bits per heavy atom. The van der Waals surface area contributed by atoms with E-state index in [2.05, 4.69) is 27.9 Å². The molecule has 1 aliphatic rings. The van der Waals surface area contributed by atoms with Crippen LogP contribution < -0.4 is 0 Å². The number of quaternary nitrogens is 1. The van der Waals surface area contributed by atoms with Gasteiger partial charge in [0.05, 0.1) is 20.6 Å². The van der Waals surface area contributed by atoms with Gasteiger partial charge >= 0.3 is 0 Å². The van der Waals surface area contributed by atoms with Crippen LogP contribution >= 0.6 is 0 Å². The molecule has 1 saturated heterocycles. The predicted octanol–water partition coefficient (Wildman–Crippen LogP) is 5.51. The van der Waals surface area contributed by atoms with Crippen molar-refractivity contribution in [3.63, 3.8) is 0 Å². The maximum absolute atomic E-state index is 5.89. The van der Waals surface area contributed by atoms with E-state index in [4.69, 9.17) is 4.74 Å². The summed E-state index contributed by atoms with van der Waals surface area (Å²) in [6.07, 6.45) is 17.8. The van der Waals surface area contributed by atoms with Crippen LogP contribution in [-0.2, 0) is 4.74 Å². The highest BCUT2D eigenvalue weighted by Crippen LogP contribution is 2.33. The van der Waals surface area contributed by atoms with E-state index in [0.29, 0.717) is 12.3 Å². The third-order valence-corrected chi connectivity index (χ3v) is 4.89. The summed E-state index contributed by atoms with van der Waals surface area (Å²) in [5.74, 6) is 0. The average Bonchev–Trinajstić information content (AvgIpc) is 3.21. The summed E-state index contributed by atoms with van der Waals surface area (Å²) in [5.41, 5.74) is 0. The van der Waals surface area contributed by atoms with E-state index in [1.54, 1.807) is 0 Å². The van der Waals surface area contributed by atoms with Gasteiger partial charge in [-0.2, -0.15) is 0 Å². The largest absolute Gasteiger partial charge is 0.314 e. The second-order valence-electron chi connectivity index (χ2n) is 7.54. The summed E-state index contributed by atoms with van der Waals surface area (Å²) in [7, 11) is 4.62. The van der Waals surface area contributed by atoms with Crippen molar-refractivity contribution >= 4 is 0 Å². The lowest BCUT2D eigenvalue weighted by molar-refractivity contribution is -0.911. The Hall–Kier alpha value is -0.0800. The zero-order valence-corrected chi connectivity index (χ0v) is 15.2. The molecular weight excluding hydrogens is 258 g/mol. The summed E-state index contributed by atoms with van der Waals surface area (Å²) >= 11 is 0. The van der Waals surface area contributed by atoms with Crippen LogP contribution in [0.2, 0.25) is 0 Å². The number of epoxide rings is 1. The van der Waals surface area contributed by atoms with Gasteiger partial charge in [-0.25, -0.2) is 0 Å². The maximum atomic E-state index is 5.89. The Morgan fingerprint density at radius 1 is 0.714 bits per heavy atom. The second kappa shape index (κ2) is 10.6. The zero-order valence-electron chi connectivity index (χ0n) is 15.2. The minimum absolute atomic E-state index is 0.489.